The van der Waals surface area contributed by atoms with Crippen LogP contribution in [0.1, 0.15) is 29.8 Å². The Morgan fingerprint density at radius 2 is 1.81 bits per heavy atom. The Bertz CT molecular complexity index is 1000. The number of rotatable bonds is 8. The third-order valence-electron chi connectivity index (χ3n) is 4.23. The number of nitriles is 1. The summed E-state index contributed by atoms with van der Waals surface area (Å²) in [6.45, 7) is 4.59. The van der Waals surface area contributed by atoms with Crippen LogP contribution in [-0.4, -0.2) is 44.5 Å². The molecule has 0 aliphatic heterocycles. The van der Waals surface area contributed by atoms with Gasteiger partial charge in [-0.25, -0.2) is 0 Å². The zero-order valence-electron chi connectivity index (χ0n) is 18.4. The minimum absolute atomic E-state index is 0.0616. The lowest BCUT2D eigenvalue weighted by atomic mass is 10.1. The summed E-state index contributed by atoms with van der Waals surface area (Å²) >= 11 is 0. The van der Waals surface area contributed by atoms with Crippen LogP contribution in [0.4, 0.5) is 5.69 Å². The minimum atomic E-state index is -0.547. The Balaban J connectivity index is 2.19. The fourth-order valence-corrected chi connectivity index (χ4v) is 2.62. The van der Waals surface area contributed by atoms with Crippen LogP contribution in [0, 0.1) is 17.2 Å². The van der Waals surface area contributed by atoms with E-state index >= 15 is 0 Å². The van der Waals surface area contributed by atoms with E-state index in [9.17, 15) is 14.9 Å². The standard InChI is InChI=1S/C24H27N3O4/c1-16(2)15-31-22-13-17(6-11-21(22)30-5)12-19(14-25)23(28)26-20-9-7-18(8-10-20)24(29)27(3)4/h6-13,16H,15H2,1-5H3,(H,26,28)/b19-12+. The molecule has 7 nitrogen and oxygen atoms in total. The summed E-state index contributed by atoms with van der Waals surface area (Å²) in [5.74, 6) is 0.779. The predicted octanol–water partition coefficient (Wildman–Crippen LogP) is 3.98. The zero-order chi connectivity index (χ0) is 23.0. The summed E-state index contributed by atoms with van der Waals surface area (Å²) in [6.07, 6.45) is 1.49. The molecule has 0 aliphatic rings. The van der Waals surface area contributed by atoms with Crippen molar-refractivity contribution in [1.82, 2.24) is 4.90 Å². The van der Waals surface area contributed by atoms with Gasteiger partial charge in [-0.2, -0.15) is 5.26 Å². The Morgan fingerprint density at radius 3 is 2.35 bits per heavy atom. The van der Waals surface area contributed by atoms with E-state index in [0.29, 0.717) is 40.8 Å². The SMILES string of the molecule is COc1ccc(/C=C(\C#N)C(=O)Nc2ccc(C(=O)N(C)C)cc2)cc1OCC(C)C. The van der Waals surface area contributed by atoms with Crippen LogP contribution in [0.3, 0.4) is 0 Å². The molecule has 2 aromatic rings. The van der Waals surface area contributed by atoms with Gasteiger partial charge in [0.15, 0.2) is 11.5 Å². The van der Waals surface area contributed by atoms with Crippen molar-refractivity contribution in [3.8, 4) is 17.6 Å². The molecular formula is C24H27N3O4. The number of hydrogen-bond acceptors (Lipinski definition) is 5. The van der Waals surface area contributed by atoms with E-state index in [1.54, 1.807) is 63.7 Å². The first kappa shape index (κ1) is 23.5. The molecule has 1 N–H and O–H groups in total. The molecule has 2 aromatic carbocycles. The molecule has 0 saturated carbocycles. The van der Waals surface area contributed by atoms with Gasteiger partial charge in [-0.05, 0) is 54.0 Å². The normalized spacial score (nSPS) is 10.9. The molecule has 0 fully saturated rings. The molecule has 31 heavy (non-hydrogen) atoms. The van der Waals surface area contributed by atoms with Crippen LogP contribution < -0.4 is 14.8 Å². The summed E-state index contributed by atoms with van der Waals surface area (Å²) in [5.41, 5.74) is 1.56. The van der Waals surface area contributed by atoms with E-state index in [1.807, 2.05) is 19.9 Å². The molecule has 2 rings (SSSR count). The number of anilines is 1. The number of methoxy groups -OCH3 is 1. The molecule has 0 spiro atoms. The molecule has 0 heterocycles. The Labute approximate surface area is 182 Å². The molecule has 0 aliphatic carbocycles. The number of hydrogen-bond donors (Lipinski definition) is 1. The van der Waals surface area contributed by atoms with E-state index in [0.717, 1.165) is 0 Å². The summed E-state index contributed by atoms with van der Waals surface area (Å²) in [7, 11) is 4.89. The van der Waals surface area contributed by atoms with Crippen molar-refractivity contribution in [2.24, 2.45) is 5.92 Å². The van der Waals surface area contributed by atoms with Crippen molar-refractivity contribution >= 4 is 23.6 Å². The molecule has 0 radical (unpaired) electrons. The van der Waals surface area contributed by atoms with Gasteiger partial charge in [0.25, 0.3) is 11.8 Å². The molecule has 7 heteroatoms. The maximum Gasteiger partial charge on any atom is 0.266 e. The number of ether oxygens (including phenoxy) is 2. The van der Waals surface area contributed by atoms with E-state index in [4.69, 9.17) is 9.47 Å². The predicted molar refractivity (Wildman–Crippen MR) is 120 cm³/mol. The summed E-state index contributed by atoms with van der Waals surface area (Å²) in [6, 6.07) is 13.6. The minimum Gasteiger partial charge on any atom is -0.493 e. The van der Waals surface area contributed by atoms with Gasteiger partial charge in [0.2, 0.25) is 0 Å². The number of carbonyl (C=O) groups is 2. The quantitative estimate of drug-likeness (QED) is 0.514. The first-order valence-corrected chi connectivity index (χ1v) is 9.80. The van der Waals surface area contributed by atoms with E-state index in [1.165, 1.54) is 11.0 Å². The Hall–Kier alpha value is -3.79. The molecule has 0 atom stereocenters. The highest BCUT2D eigenvalue weighted by Crippen LogP contribution is 2.29. The highest BCUT2D eigenvalue weighted by molar-refractivity contribution is 6.09. The lowest BCUT2D eigenvalue weighted by Gasteiger charge is -2.13. The van der Waals surface area contributed by atoms with Crippen LogP contribution in [0.5, 0.6) is 11.5 Å². The van der Waals surface area contributed by atoms with Crippen molar-refractivity contribution in [2.75, 3.05) is 33.1 Å². The molecule has 0 aromatic heterocycles. The van der Waals surface area contributed by atoms with Crippen molar-refractivity contribution in [3.05, 3.63) is 59.2 Å². The molecular weight excluding hydrogens is 394 g/mol. The number of nitrogens with zero attached hydrogens (tertiary/aromatic N) is 2. The summed E-state index contributed by atoms with van der Waals surface area (Å²) in [4.78, 5) is 26.0. The van der Waals surface area contributed by atoms with E-state index < -0.39 is 5.91 Å². The summed E-state index contributed by atoms with van der Waals surface area (Å²) < 4.78 is 11.1. The fourth-order valence-electron chi connectivity index (χ4n) is 2.62. The number of amides is 2. The van der Waals surface area contributed by atoms with Crippen LogP contribution in [-0.2, 0) is 4.79 Å². The fraction of sp³-hybridized carbons (Fsp3) is 0.292. The largest absolute Gasteiger partial charge is 0.493 e. The Morgan fingerprint density at radius 1 is 1.13 bits per heavy atom. The second-order valence-electron chi connectivity index (χ2n) is 7.52. The lowest BCUT2D eigenvalue weighted by molar-refractivity contribution is -0.112. The van der Waals surface area contributed by atoms with Crippen molar-refractivity contribution in [2.45, 2.75) is 13.8 Å². The van der Waals surface area contributed by atoms with Crippen LogP contribution in [0.2, 0.25) is 0 Å². The Kier molecular flexibility index (Phi) is 8.21. The average molecular weight is 421 g/mol. The molecule has 0 saturated heterocycles. The summed E-state index contributed by atoms with van der Waals surface area (Å²) in [5, 5.41) is 12.1. The molecule has 162 valence electrons. The second-order valence-corrected chi connectivity index (χ2v) is 7.52. The topological polar surface area (TPSA) is 91.7 Å². The first-order valence-electron chi connectivity index (χ1n) is 9.80. The molecule has 0 bridgehead atoms. The monoisotopic (exact) mass is 421 g/mol. The van der Waals surface area contributed by atoms with Gasteiger partial charge < -0.3 is 19.7 Å². The van der Waals surface area contributed by atoms with Crippen molar-refractivity contribution < 1.29 is 19.1 Å². The number of carbonyl (C=O) groups excluding carboxylic acids is 2. The third kappa shape index (κ3) is 6.61. The smallest absolute Gasteiger partial charge is 0.266 e. The van der Waals surface area contributed by atoms with Gasteiger partial charge in [0.1, 0.15) is 11.6 Å². The molecule has 0 unspecified atom stereocenters. The maximum atomic E-state index is 12.6. The van der Waals surface area contributed by atoms with Crippen LogP contribution >= 0.6 is 0 Å². The number of nitrogens with one attached hydrogen (secondary N) is 1. The van der Waals surface area contributed by atoms with Crippen LogP contribution in [0.15, 0.2) is 48.0 Å². The molecule has 2 amide bonds. The van der Waals surface area contributed by atoms with E-state index in [-0.39, 0.29) is 11.5 Å². The highest BCUT2D eigenvalue weighted by atomic mass is 16.5. The van der Waals surface area contributed by atoms with E-state index in [2.05, 4.69) is 5.32 Å². The third-order valence-corrected chi connectivity index (χ3v) is 4.23. The second kappa shape index (κ2) is 10.8. The van der Waals surface area contributed by atoms with Gasteiger partial charge >= 0.3 is 0 Å². The van der Waals surface area contributed by atoms with Crippen molar-refractivity contribution in [3.63, 3.8) is 0 Å². The average Bonchev–Trinajstić information content (AvgIpc) is 2.75. The van der Waals surface area contributed by atoms with Gasteiger partial charge in [-0.1, -0.05) is 19.9 Å². The maximum absolute atomic E-state index is 12.6. The van der Waals surface area contributed by atoms with Gasteiger partial charge in [-0.15, -0.1) is 0 Å². The van der Waals surface area contributed by atoms with Gasteiger partial charge in [0.05, 0.1) is 13.7 Å². The zero-order valence-corrected chi connectivity index (χ0v) is 18.4. The van der Waals surface area contributed by atoms with Gasteiger partial charge in [0, 0.05) is 25.3 Å². The highest BCUT2D eigenvalue weighted by Gasteiger charge is 2.13. The van der Waals surface area contributed by atoms with Crippen LogP contribution in [0.25, 0.3) is 6.08 Å². The lowest BCUT2D eigenvalue weighted by Crippen LogP contribution is -2.21. The first-order chi connectivity index (χ1) is 14.7. The van der Waals surface area contributed by atoms with Gasteiger partial charge in [-0.3, -0.25) is 9.59 Å². The number of benzene rings is 2. The van der Waals surface area contributed by atoms with Crippen molar-refractivity contribution in [1.29, 1.82) is 5.26 Å².